The molecule has 0 fully saturated rings. The Labute approximate surface area is 181 Å². The number of hydrogen-bond donors (Lipinski definition) is 3. The maximum Gasteiger partial charge on any atom is 0.416 e. The topological polar surface area (TPSA) is 96.5 Å². The predicted octanol–water partition coefficient (Wildman–Crippen LogP) is 4.87. The van der Waals surface area contributed by atoms with Crippen molar-refractivity contribution >= 4 is 40.6 Å². The Kier molecular flexibility index (Phi) is 7.66. The van der Waals surface area contributed by atoms with E-state index in [2.05, 4.69) is 16.0 Å². The number of anilines is 2. The maximum atomic E-state index is 13.1. The number of hydrogen-bond acceptors (Lipinski definition) is 5. The van der Waals surface area contributed by atoms with Gasteiger partial charge in [0.15, 0.2) is 0 Å². The van der Waals surface area contributed by atoms with E-state index in [9.17, 15) is 27.6 Å². The standard InChI is InChI=1S/C20H22F3N3O4S/c1-19(2,3)30-18(29)26-13-7-6-12(20(21,22)23)11-14(13)25-16(27)8-9-24-17(28)15-5-4-10-31-15/h4-7,10-11H,8-9H2,1-3H3,(H,24,28)(H,25,27)(H,26,29). The Morgan fingerprint density at radius 2 is 1.74 bits per heavy atom. The second kappa shape index (κ2) is 9.82. The first kappa shape index (κ1) is 24.2. The molecule has 0 aliphatic heterocycles. The summed E-state index contributed by atoms with van der Waals surface area (Å²) in [4.78, 5) is 36.6. The lowest BCUT2D eigenvalue weighted by atomic mass is 10.1. The number of carbonyl (C=O) groups excluding carboxylic acids is 3. The maximum absolute atomic E-state index is 13.1. The van der Waals surface area contributed by atoms with Gasteiger partial charge in [0.2, 0.25) is 5.91 Å². The molecule has 0 unspecified atom stereocenters. The van der Waals surface area contributed by atoms with Gasteiger partial charge in [0, 0.05) is 13.0 Å². The van der Waals surface area contributed by atoms with E-state index >= 15 is 0 Å². The highest BCUT2D eigenvalue weighted by Crippen LogP contribution is 2.34. The van der Waals surface area contributed by atoms with Crippen molar-refractivity contribution in [2.45, 2.75) is 39.0 Å². The molecule has 31 heavy (non-hydrogen) atoms. The predicted molar refractivity (Wildman–Crippen MR) is 111 cm³/mol. The van der Waals surface area contributed by atoms with Crippen LogP contribution in [0, 0.1) is 0 Å². The van der Waals surface area contributed by atoms with Gasteiger partial charge in [-0.2, -0.15) is 13.2 Å². The molecule has 1 heterocycles. The van der Waals surface area contributed by atoms with Gasteiger partial charge in [-0.1, -0.05) is 6.07 Å². The summed E-state index contributed by atoms with van der Waals surface area (Å²) < 4.78 is 44.3. The van der Waals surface area contributed by atoms with Crippen LogP contribution in [-0.4, -0.2) is 30.1 Å². The summed E-state index contributed by atoms with van der Waals surface area (Å²) >= 11 is 1.24. The average molecular weight is 457 g/mol. The normalized spacial score (nSPS) is 11.5. The van der Waals surface area contributed by atoms with Crippen LogP contribution in [-0.2, 0) is 15.7 Å². The van der Waals surface area contributed by atoms with Crippen LogP contribution in [0.2, 0.25) is 0 Å². The van der Waals surface area contributed by atoms with Crippen LogP contribution in [0.5, 0.6) is 0 Å². The van der Waals surface area contributed by atoms with Crippen molar-refractivity contribution in [1.82, 2.24) is 5.32 Å². The molecular weight excluding hydrogens is 435 g/mol. The molecule has 0 saturated carbocycles. The molecular formula is C20H22F3N3O4S. The highest BCUT2D eigenvalue weighted by molar-refractivity contribution is 7.12. The summed E-state index contributed by atoms with van der Waals surface area (Å²) in [5.74, 6) is -0.993. The fourth-order valence-corrected chi connectivity index (χ4v) is 2.98. The zero-order valence-corrected chi connectivity index (χ0v) is 17.9. The van der Waals surface area contributed by atoms with Crippen LogP contribution in [0.4, 0.5) is 29.3 Å². The largest absolute Gasteiger partial charge is 0.444 e. The number of amides is 3. The van der Waals surface area contributed by atoms with Crippen molar-refractivity contribution in [2.75, 3.05) is 17.2 Å². The van der Waals surface area contributed by atoms with Crippen LogP contribution < -0.4 is 16.0 Å². The highest BCUT2D eigenvalue weighted by atomic mass is 32.1. The van der Waals surface area contributed by atoms with Gasteiger partial charge < -0.3 is 15.4 Å². The van der Waals surface area contributed by atoms with Crippen molar-refractivity contribution in [3.63, 3.8) is 0 Å². The fourth-order valence-electron chi connectivity index (χ4n) is 2.34. The first-order valence-electron chi connectivity index (χ1n) is 9.18. The molecule has 2 rings (SSSR count). The van der Waals surface area contributed by atoms with Gasteiger partial charge in [-0.05, 0) is 50.4 Å². The lowest BCUT2D eigenvalue weighted by Gasteiger charge is -2.21. The summed E-state index contributed by atoms with van der Waals surface area (Å²) in [6, 6.07) is 5.86. The second-order valence-corrected chi connectivity index (χ2v) is 8.36. The number of halogens is 3. The molecule has 3 N–H and O–H groups in total. The molecule has 3 amide bonds. The summed E-state index contributed by atoms with van der Waals surface area (Å²) in [7, 11) is 0. The van der Waals surface area contributed by atoms with Gasteiger partial charge in [0.05, 0.1) is 21.8 Å². The van der Waals surface area contributed by atoms with Gasteiger partial charge in [-0.25, -0.2) is 4.79 Å². The average Bonchev–Trinajstić information content (AvgIpc) is 3.15. The smallest absolute Gasteiger partial charge is 0.416 e. The lowest BCUT2D eigenvalue weighted by molar-refractivity contribution is -0.137. The quantitative estimate of drug-likeness (QED) is 0.577. The Hall–Kier alpha value is -3.08. The third-order valence-corrected chi connectivity index (χ3v) is 4.51. The molecule has 11 heteroatoms. The summed E-state index contributed by atoms with van der Waals surface area (Å²) in [6.07, 6.45) is -5.70. The van der Waals surface area contributed by atoms with Crippen LogP contribution in [0.15, 0.2) is 35.7 Å². The fraction of sp³-hybridized carbons (Fsp3) is 0.350. The SMILES string of the molecule is CC(C)(C)OC(=O)Nc1ccc(C(F)(F)F)cc1NC(=O)CCNC(=O)c1cccs1. The van der Waals surface area contributed by atoms with Crippen molar-refractivity contribution in [2.24, 2.45) is 0 Å². The molecule has 7 nitrogen and oxygen atoms in total. The zero-order valence-electron chi connectivity index (χ0n) is 17.1. The number of ether oxygens (including phenoxy) is 1. The van der Waals surface area contributed by atoms with E-state index in [1.165, 1.54) is 11.3 Å². The first-order chi connectivity index (χ1) is 14.3. The highest BCUT2D eigenvalue weighted by Gasteiger charge is 2.31. The molecule has 2 aromatic rings. The number of thiophene rings is 1. The van der Waals surface area contributed by atoms with E-state index in [1.54, 1.807) is 38.3 Å². The third kappa shape index (κ3) is 7.93. The molecule has 0 atom stereocenters. The molecule has 1 aromatic heterocycles. The van der Waals surface area contributed by atoms with E-state index in [1.807, 2.05) is 0 Å². The Balaban J connectivity index is 2.07. The Morgan fingerprint density at radius 1 is 1.03 bits per heavy atom. The van der Waals surface area contributed by atoms with Crippen LogP contribution in [0.1, 0.15) is 42.4 Å². The number of nitrogens with one attached hydrogen (secondary N) is 3. The van der Waals surface area contributed by atoms with Crippen molar-refractivity contribution in [3.05, 3.63) is 46.2 Å². The van der Waals surface area contributed by atoms with Gasteiger partial charge in [0.25, 0.3) is 5.91 Å². The Bertz CT molecular complexity index is 938. The van der Waals surface area contributed by atoms with Gasteiger partial charge in [-0.3, -0.25) is 14.9 Å². The number of rotatable bonds is 6. The minimum atomic E-state index is -4.64. The number of alkyl halides is 3. The van der Waals surface area contributed by atoms with Crippen LogP contribution >= 0.6 is 11.3 Å². The van der Waals surface area contributed by atoms with E-state index in [-0.39, 0.29) is 30.2 Å². The van der Waals surface area contributed by atoms with E-state index in [4.69, 9.17) is 4.74 Å². The van der Waals surface area contributed by atoms with Crippen LogP contribution in [0.25, 0.3) is 0 Å². The summed E-state index contributed by atoms with van der Waals surface area (Å²) in [6.45, 7) is 4.88. The molecule has 0 aliphatic rings. The van der Waals surface area contributed by atoms with Gasteiger partial charge in [-0.15, -0.1) is 11.3 Å². The molecule has 0 saturated heterocycles. The molecule has 168 valence electrons. The van der Waals surface area contributed by atoms with E-state index in [0.29, 0.717) is 4.88 Å². The van der Waals surface area contributed by atoms with Crippen molar-refractivity contribution in [1.29, 1.82) is 0 Å². The number of carbonyl (C=O) groups is 3. The monoisotopic (exact) mass is 457 g/mol. The minimum absolute atomic E-state index is 0.0175. The zero-order chi connectivity index (χ0) is 23.2. The van der Waals surface area contributed by atoms with Gasteiger partial charge in [0.1, 0.15) is 5.60 Å². The number of benzene rings is 1. The molecule has 0 spiro atoms. The van der Waals surface area contributed by atoms with Crippen molar-refractivity contribution < 1.29 is 32.3 Å². The Morgan fingerprint density at radius 3 is 2.32 bits per heavy atom. The van der Waals surface area contributed by atoms with Gasteiger partial charge >= 0.3 is 12.3 Å². The molecule has 1 aromatic carbocycles. The molecule has 0 bridgehead atoms. The van der Waals surface area contributed by atoms with E-state index in [0.717, 1.165) is 18.2 Å². The third-order valence-electron chi connectivity index (χ3n) is 3.64. The summed E-state index contributed by atoms with van der Waals surface area (Å²) in [5.41, 5.74) is -2.11. The lowest BCUT2D eigenvalue weighted by Crippen LogP contribution is -2.28. The molecule has 0 aliphatic carbocycles. The summed E-state index contributed by atoms with van der Waals surface area (Å²) in [5, 5.41) is 8.96. The van der Waals surface area contributed by atoms with Crippen molar-refractivity contribution in [3.8, 4) is 0 Å². The van der Waals surface area contributed by atoms with Crippen LogP contribution in [0.3, 0.4) is 0 Å². The molecule has 0 radical (unpaired) electrons. The minimum Gasteiger partial charge on any atom is -0.444 e. The second-order valence-electron chi connectivity index (χ2n) is 7.42. The van der Waals surface area contributed by atoms with E-state index < -0.39 is 29.3 Å². The first-order valence-corrected chi connectivity index (χ1v) is 10.1.